The first-order valence-corrected chi connectivity index (χ1v) is 5.87. The highest BCUT2D eigenvalue weighted by Gasteiger charge is 2.33. The molecule has 17 heavy (non-hydrogen) atoms. The highest BCUT2D eigenvalue weighted by Crippen LogP contribution is 2.19. The molecule has 0 aromatic carbocycles. The molecule has 102 valence electrons. The Labute approximate surface area is 100 Å². The molecule has 0 aromatic heterocycles. The van der Waals surface area contributed by atoms with Crippen LogP contribution in [0.1, 0.15) is 33.1 Å². The Kier molecular flexibility index (Phi) is 7.18. The van der Waals surface area contributed by atoms with E-state index in [-0.39, 0.29) is 6.54 Å². The summed E-state index contributed by atoms with van der Waals surface area (Å²) in [6, 6.07) is 0. The predicted octanol–water partition coefficient (Wildman–Crippen LogP) is 2.16. The number of hydrogen-bond donors (Lipinski definition) is 1. The number of alkyl halides is 3. The highest BCUT2D eigenvalue weighted by atomic mass is 19.4. The fraction of sp³-hybridized carbons (Fsp3) is 0.909. The minimum atomic E-state index is -4.33. The van der Waals surface area contributed by atoms with E-state index in [0.717, 1.165) is 4.90 Å². The number of carbonyl (C=O) groups excluding carboxylic acids is 1. The molecule has 1 amide bonds. The van der Waals surface area contributed by atoms with E-state index in [9.17, 15) is 18.0 Å². The smallest absolute Gasteiger partial charge is 0.333 e. The number of amides is 1. The summed E-state index contributed by atoms with van der Waals surface area (Å²) >= 11 is 0. The van der Waals surface area contributed by atoms with E-state index in [4.69, 9.17) is 5.73 Å². The second-order valence-corrected chi connectivity index (χ2v) is 4.21. The molecular weight excluding hydrogens is 233 g/mol. The van der Waals surface area contributed by atoms with Crippen molar-refractivity contribution in [3.8, 4) is 0 Å². The molecule has 0 radical (unpaired) electrons. The van der Waals surface area contributed by atoms with E-state index in [1.165, 1.54) is 0 Å². The Morgan fingerprint density at radius 2 is 2.00 bits per heavy atom. The molecule has 0 aliphatic heterocycles. The van der Waals surface area contributed by atoms with E-state index in [1.54, 1.807) is 13.8 Å². The third-order valence-corrected chi connectivity index (χ3v) is 2.44. The molecule has 0 saturated carbocycles. The molecule has 0 rings (SSSR count). The molecule has 0 aliphatic carbocycles. The molecule has 3 nitrogen and oxygen atoms in total. The zero-order valence-corrected chi connectivity index (χ0v) is 10.4. The van der Waals surface area contributed by atoms with E-state index < -0.39 is 24.5 Å². The third kappa shape index (κ3) is 7.20. The zero-order chi connectivity index (χ0) is 13.5. The van der Waals surface area contributed by atoms with Gasteiger partial charge in [-0.15, -0.1) is 0 Å². The monoisotopic (exact) mass is 254 g/mol. The van der Waals surface area contributed by atoms with Crippen molar-refractivity contribution in [3.05, 3.63) is 0 Å². The average Bonchev–Trinajstić information content (AvgIpc) is 2.22. The van der Waals surface area contributed by atoms with Gasteiger partial charge in [0.05, 0.1) is 0 Å². The van der Waals surface area contributed by atoms with Gasteiger partial charge in [0.1, 0.15) is 6.54 Å². The summed E-state index contributed by atoms with van der Waals surface area (Å²) in [4.78, 5) is 12.7. The summed E-state index contributed by atoms with van der Waals surface area (Å²) in [7, 11) is 0. The fourth-order valence-corrected chi connectivity index (χ4v) is 1.61. The van der Waals surface area contributed by atoms with Crippen LogP contribution in [0.2, 0.25) is 0 Å². The normalized spacial score (nSPS) is 13.5. The number of rotatable bonds is 7. The van der Waals surface area contributed by atoms with Crippen LogP contribution >= 0.6 is 0 Å². The fourth-order valence-electron chi connectivity index (χ4n) is 1.61. The standard InChI is InChI=1S/C11H21F3N2O/c1-3-7-16(8-11(12,13)14)10(17)9(2)5-4-6-15/h9H,3-8,15H2,1-2H3. The molecular formula is C11H21F3N2O. The van der Waals surface area contributed by atoms with Crippen LogP contribution < -0.4 is 5.73 Å². The van der Waals surface area contributed by atoms with Gasteiger partial charge >= 0.3 is 6.18 Å². The first kappa shape index (κ1) is 16.2. The van der Waals surface area contributed by atoms with Crippen LogP contribution in [-0.2, 0) is 4.79 Å². The highest BCUT2D eigenvalue weighted by molar-refractivity contribution is 5.78. The maximum Gasteiger partial charge on any atom is 0.406 e. The molecule has 6 heteroatoms. The van der Waals surface area contributed by atoms with Gasteiger partial charge < -0.3 is 10.6 Å². The van der Waals surface area contributed by atoms with E-state index in [2.05, 4.69) is 0 Å². The Hall–Kier alpha value is -0.780. The van der Waals surface area contributed by atoms with Gasteiger partial charge in [-0.05, 0) is 25.8 Å². The lowest BCUT2D eigenvalue weighted by Gasteiger charge is -2.26. The van der Waals surface area contributed by atoms with Gasteiger partial charge in [-0.25, -0.2) is 0 Å². The van der Waals surface area contributed by atoms with Gasteiger partial charge in [0.25, 0.3) is 0 Å². The van der Waals surface area contributed by atoms with Crippen LogP contribution in [0, 0.1) is 5.92 Å². The van der Waals surface area contributed by atoms with Crippen LogP contribution in [0.4, 0.5) is 13.2 Å². The van der Waals surface area contributed by atoms with Crippen molar-refractivity contribution in [2.24, 2.45) is 11.7 Å². The van der Waals surface area contributed by atoms with Crippen molar-refractivity contribution < 1.29 is 18.0 Å². The largest absolute Gasteiger partial charge is 0.406 e. The Bertz CT molecular complexity index is 231. The van der Waals surface area contributed by atoms with Gasteiger partial charge in [0.2, 0.25) is 5.91 Å². The number of nitrogens with two attached hydrogens (primary N) is 1. The second-order valence-electron chi connectivity index (χ2n) is 4.21. The molecule has 0 aliphatic rings. The van der Waals surface area contributed by atoms with Gasteiger partial charge in [0, 0.05) is 12.5 Å². The van der Waals surface area contributed by atoms with Gasteiger partial charge in [0.15, 0.2) is 0 Å². The van der Waals surface area contributed by atoms with Gasteiger partial charge in [-0.2, -0.15) is 13.2 Å². The minimum Gasteiger partial charge on any atom is -0.333 e. The van der Waals surface area contributed by atoms with Crippen molar-refractivity contribution in [2.45, 2.75) is 39.3 Å². The summed E-state index contributed by atoms with van der Waals surface area (Å²) in [6.07, 6.45) is -2.63. The Morgan fingerprint density at radius 3 is 2.41 bits per heavy atom. The van der Waals surface area contributed by atoms with Crippen molar-refractivity contribution >= 4 is 5.91 Å². The molecule has 0 fully saturated rings. The zero-order valence-electron chi connectivity index (χ0n) is 10.4. The Morgan fingerprint density at radius 1 is 1.41 bits per heavy atom. The number of nitrogens with zero attached hydrogens (tertiary/aromatic N) is 1. The quantitative estimate of drug-likeness (QED) is 0.756. The summed E-state index contributed by atoms with van der Waals surface area (Å²) in [5, 5.41) is 0. The molecule has 0 aromatic rings. The number of hydrogen-bond acceptors (Lipinski definition) is 2. The third-order valence-electron chi connectivity index (χ3n) is 2.44. The van der Waals surface area contributed by atoms with Crippen LogP contribution in [0.15, 0.2) is 0 Å². The van der Waals surface area contributed by atoms with Crippen molar-refractivity contribution in [3.63, 3.8) is 0 Å². The van der Waals surface area contributed by atoms with E-state index >= 15 is 0 Å². The van der Waals surface area contributed by atoms with Gasteiger partial charge in [-0.3, -0.25) is 4.79 Å². The van der Waals surface area contributed by atoms with Gasteiger partial charge in [-0.1, -0.05) is 13.8 Å². The van der Waals surface area contributed by atoms with Crippen molar-refractivity contribution in [1.29, 1.82) is 0 Å². The summed E-state index contributed by atoms with van der Waals surface area (Å²) in [5.74, 6) is -0.829. The lowest BCUT2D eigenvalue weighted by molar-refractivity contribution is -0.163. The molecule has 0 saturated heterocycles. The van der Waals surface area contributed by atoms with Crippen molar-refractivity contribution in [1.82, 2.24) is 4.90 Å². The van der Waals surface area contributed by atoms with Crippen LogP contribution in [-0.4, -0.2) is 36.6 Å². The molecule has 2 N–H and O–H groups in total. The SMILES string of the molecule is CCCN(CC(F)(F)F)C(=O)C(C)CCCN. The topological polar surface area (TPSA) is 46.3 Å². The van der Waals surface area contributed by atoms with Crippen LogP contribution in [0.25, 0.3) is 0 Å². The minimum absolute atomic E-state index is 0.144. The summed E-state index contributed by atoms with van der Waals surface area (Å²) < 4.78 is 36.9. The molecule has 1 atom stereocenters. The van der Waals surface area contributed by atoms with Crippen molar-refractivity contribution in [2.75, 3.05) is 19.6 Å². The van der Waals surface area contributed by atoms with E-state index in [1.807, 2.05) is 0 Å². The van der Waals surface area contributed by atoms with Crippen LogP contribution in [0.5, 0.6) is 0 Å². The second kappa shape index (κ2) is 7.53. The maximum absolute atomic E-state index is 12.3. The number of carbonyl (C=O) groups is 1. The first-order valence-electron chi connectivity index (χ1n) is 5.87. The average molecular weight is 254 g/mol. The summed E-state index contributed by atoms with van der Waals surface area (Å²) in [5.41, 5.74) is 5.31. The Balaban J connectivity index is 4.42. The molecule has 0 bridgehead atoms. The molecule has 0 spiro atoms. The molecule has 0 heterocycles. The van der Waals surface area contributed by atoms with Crippen LogP contribution in [0.3, 0.4) is 0 Å². The lowest BCUT2D eigenvalue weighted by Crippen LogP contribution is -2.42. The van der Waals surface area contributed by atoms with E-state index in [0.29, 0.717) is 25.8 Å². The maximum atomic E-state index is 12.3. The molecule has 1 unspecified atom stereocenters. The summed E-state index contributed by atoms with van der Waals surface area (Å²) in [6.45, 7) is 2.83. The predicted molar refractivity (Wildman–Crippen MR) is 60.4 cm³/mol. The number of halogens is 3. The first-order chi connectivity index (χ1) is 7.81. The lowest BCUT2D eigenvalue weighted by atomic mass is 10.0.